The minimum absolute atomic E-state index is 0.116. The minimum atomic E-state index is 0.116. The van der Waals surface area contributed by atoms with Crippen molar-refractivity contribution in [2.45, 2.75) is 39.7 Å². The van der Waals surface area contributed by atoms with Gasteiger partial charge in [-0.05, 0) is 31.7 Å². The highest BCUT2D eigenvalue weighted by Crippen LogP contribution is 2.28. The average molecular weight is 192 g/mol. The summed E-state index contributed by atoms with van der Waals surface area (Å²) in [6.07, 6.45) is 3.91. The molecule has 76 valence electrons. The Morgan fingerprint density at radius 1 is 1.64 bits per heavy atom. The molecule has 0 amide bonds. The lowest BCUT2D eigenvalue weighted by molar-refractivity contribution is 0.1000. The van der Waals surface area contributed by atoms with E-state index in [0.717, 1.165) is 23.9 Å². The van der Waals surface area contributed by atoms with Crippen LogP contribution in [0.3, 0.4) is 0 Å². The highest BCUT2D eigenvalue weighted by Gasteiger charge is 2.20. The van der Waals surface area contributed by atoms with Crippen LogP contribution in [-0.2, 0) is 6.54 Å². The summed E-state index contributed by atoms with van der Waals surface area (Å²) in [5.74, 6) is 0.859. The predicted molar refractivity (Wildman–Crippen MR) is 54.3 cm³/mol. The molecule has 0 aliphatic heterocycles. The molecular weight excluding hydrogens is 176 g/mol. The van der Waals surface area contributed by atoms with Gasteiger partial charge in [0.1, 0.15) is 5.69 Å². The second-order valence-corrected chi connectivity index (χ2v) is 4.21. The normalized spacial score (nSPS) is 16.7. The zero-order valence-corrected chi connectivity index (χ0v) is 8.79. The summed E-state index contributed by atoms with van der Waals surface area (Å²) in [6, 6.07) is 1.88. The Balaban J connectivity index is 2.17. The Morgan fingerprint density at radius 2 is 2.36 bits per heavy atom. The van der Waals surface area contributed by atoms with Crippen LogP contribution in [0.25, 0.3) is 0 Å². The number of aromatic nitrogens is 2. The number of rotatable bonds is 3. The zero-order chi connectivity index (χ0) is 10.1. The van der Waals surface area contributed by atoms with Crippen LogP contribution >= 0.6 is 0 Å². The third-order valence-electron chi connectivity index (χ3n) is 2.92. The molecule has 0 bridgehead atoms. The summed E-state index contributed by atoms with van der Waals surface area (Å²) in [5, 5.41) is 4.35. The Bertz CT molecular complexity index is 350. The standard InChI is InChI=1S/C11H16N2O/c1-8-6-11(9(2)14)13(12-8)7-10-4-3-5-10/h6,10H,3-5,7H2,1-2H3. The molecule has 3 nitrogen and oxygen atoms in total. The zero-order valence-electron chi connectivity index (χ0n) is 8.79. The second-order valence-electron chi connectivity index (χ2n) is 4.21. The number of ketones is 1. The maximum atomic E-state index is 11.3. The first-order valence-corrected chi connectivity index (χ1v) is 5.22. The summed E-state index contributed by atoms with van der Waals surface area (Å²) < 4.78 is 1.88. The van der Waals surface area contributed by atoms with Crippen molar-refractivity contribution >= 4 is 5.78 Å². The summed E-state index contributed by atoms with van der Waals surface area (Å²) in [6.45, 7) is 4.46. The van der Waals surface area contributed by atoms with Gasteiger partial charge in [-0.25, -0.2) is 0 Å². The van der Waals surface area contributed by atoms with Crippen molar-refractivity contribution < 1.29 is 4.79 Å². The van der Waals surface area contributed by atoms with Gasteiger partial charge in [0, 0.05) is 13.5 Å². The molecule has 0 aromatic carbocycles. The molecule has 1 aliphatic rings. The van der Waals surface area contributed by atoms with E-state index in [0.29, 0.717) is 0 Å². The number of nitrogens with zero attached hydrogens (tertiary/aromatic N) is 2. The molecule has 0 unspecified atom stereocenters. The first kappa shape index (κ1) is 9.44. The fraction of sp³-hybridized carbons (Fsp3) is 0.636. The number of hydrogen-bond donors (Lipinski definition) is 0. The van der Waals surface area contributed by atoms with Crippen molar-refractivity contribution in [3.05, 3.63) is 17.5 Å². The number of hydrogen-bond acceptors (Lipinski definition) is 2. The molecule has 1 aromatic heterocycles. The maximum Gasteiger partial charge on any atom is 0.177 e. The average Bonchev–Trinajstić information content (AvgIpc) is 2.39. The largest absolute Gasteiger partial charge is 0.293 e. The van der Waals surface area contributed by atoms with Crippen molar-refractivity contribution in [2.75, 3.05) is 0 Å². The molecule has 14 heavy (non-hydrogen) atoms. The fourth-order valence-electron chi connectivity index (χ4n) is 1.89. The molecule has 1 aromatic rings. The van der Waals surface area contributed by atoms with Gasteiger partial charge in [-0.3, -0.25) is 9.48 Å². The maximum absolute atomic E-state index is 11.3. The number of carbonyl (C=O) groups excluding carboxylic acids is 1. The molecule has 0 saturated heterocycles. The van der Waals surface area contributed by atoms with Crippen LogP contribution in [0, 0.1) is 12.8 Å². The summed E-state index contributed by atoms with van der Waals surface area (Å²) >= 11 is 0. The van der Waals surface area contributed by atoms with E-state index in [2.05, 4.69) is 5.10 Å². The number of aryl methyl sites for hydroxylation is 1. The van der Waals surface area contributed by atoms with Gasteiger partial charge in [0.2, 0.25) is 0 Å². The van der Waals surface area contributed by atoms with E-state index in [1.807, 2.05) is 17.7 Å². The topological polar surface area (TPSA) is 34.9 Å². The Morgan fingerprint density at radius 3 is 2.86 bits per heavy atom. The predicted octanol–water partition coefficient (Wildman–Crippen LogP) is 2.19. The minimum Gasteiger partial charge on any atom is -0.293 e. The van der Waals surface area contributed by atoms with Gasteiger partial charge in [-0.2, -0.15) is 5.10 Å². The van der Waals surface area contributed by atoms with Gasteiger partial charge in [0.15, 0.2) is 5.78 Å². The van der Waals surface area contributed by atoms with E-state index in [9.17, 15) is 4.79 Å². The van der Waals surface area contributed by atoms with Crippen LogP contribution in [0.4, 0.5) is 0 Å². The van der Waals surface area contributed by atoms with Crippen molar-refractivity contribution in [1.29, 1.82) is 0 Å². The van der Waals surface area contributed by atoms with Crippen LogP contribution in [0.1, 0.15) is 42.4 Å². The lowest BCUT2D eigenvalue weighted by Gasteiger charge is -2.25. The van der Waals surface area contributed by atoms with Crippen molar-refractivity contribution in [3.63, 3.8) is 0 Å². The van der Waals surface area contributed by atoms with Crippen molar-refractivity contribution in [1.82, 2.24) is 9.78 Å². The van der Waals surface area contributed by atoms with Crippen molar-refractivity contribution in [2.24, 2.45) is 5.92 Å². The summed E-state index contributed by atoms with van der Waals surface area (Å²) in [4.78, 5) is 11.3. The molecule has 0 spiro atoms. The van der Waals surface area contributed by atoms with Gasteiger partial charge >= 0.3 is 0 Å². The molecule has 1 fully saturated rings. The molecule has 1 aliphatic carbocycles. The van der Waals surface area contributed by atoms with E-state index in [4.69, 9.17) is 0 Å². The SMILES string of the molecule is CC(=O)c1cc(C)nn1CC1CCC1. The number of carbonyl (C=O) groups is 1. The molecule has 0 radical (unpaired) electrons. The molecule has 2 rings (SSSR count). The molecule has 0 N–H and O–H groups in total. The third kappa shape index (κ3) is 1.72. The van der Waals surface area contributed by atoms with Crippen LogP contribution in [-0.4, -0.2) is 15.6 Å². The highest BCUT2D eigenvalue weighted by atomic mass is 16.1. The van der Waals surface area contributed by atoms with Crippen LogP contribution in [0.15, 0.2) is 6.07 Å². The van der Waals surface area contributed by atoms with Crippen molar-refractivity contribution in [3.8, 4) is 0 Å². The van der Waals surface area contributed by atoms with E-state index < -0.39 is 0 Å². The van der Waals surface area contributed by atoms with E-state index >= 15 is 0 Å². The lowest BCUT2D eigenvalue weighted by Crippen LogP contribution is -2.21. The van der Waals surface area contributed by atoms with Gasteiger partial charge in [-0.1, -0.05) is 6.42 Å². The van der Waals surface area contributed by atoms with E-state index in [1.54, 1.807) is 6.92 Å². The van der Waals surface area contributed by atoms with Gasteiger partial charge < -0.3 is 0 Å². The number of Topliss-reactive ketones (excluding diaryl/α,β-unsaturated/α-hetero) is 1. The molecule has 3 heteroatoms. The van der Waals surface area contributed by atoms with Gasteiger partial charge in [-0.15, -0.1) is 0 Å². The van der Waals surface area contributed by atoms with Crippen LogP contribution < -0.4 is 0 Å². The Hall–Kier alpha value is -1.12. The van der Waals surface area contributed by atoms with Crippen LogP contribution in [0.5, 0.6) is 0 Å². The summed E-state index contributed by atoms with van der Waals surface area (Å²) in [5.41, 5.74) is 1.70. The molecule has 0 atom stereocenters. The van der Waals surface area contributed by atoms with Gasteiger partial charge in [0.05, 0.1) is 5.69 Å². The van der Waals surface area contributed by atoms with Gasteiger partial charge in [0.25, 0.3) is 0 Å². The second kappa shape index (κ2) is 3.56. The first-order chi connectivity index (χ1) is 6.66. The monoisotopic (exact) mass is 192 g/mol. The third-order valence-corrected chi connectivity index (χ3v) is 2.92. The highest BCUT2D eigenvalue weighted by molar-refractivity contribution is 5.92. The fourth-order valence-corrected chi connectivity index (χ4v) is 1.89. The molecule has 1 saturated carbocycles. The van der Waals surface area contributed by atoms with E-state index in [-0.39, 0.29) is 5.78 Å². The summed E-state index contributed by atoms with van der Waals surface area (Å²) in [7, 11) is 0. The molecule has 1 heterocycles. The Kier molecular flexibility index (Phi) is 2.40. The quantitative estimate of drug-likeness (QED) is 0.688. The van der Waals surface area contributed by atoms with E-state index in [1.165, 1.54) is 19.3 Å². The molecular formula is C11H16N2O. The Labute approximate surface area is 84.1 Å². The van der Waals surface area contributed by atoms with Crippen LogP contribution in [0.2, 0.25) is 0 Å². The smallest absolute Gasteiger partial charge is 0.177 e. The lowest BCUT2D eigenvalue weighted by atomic mass is 9.85. The first-order valence-electron chi connectivity index (χ1n) is 5.22.